The Balaban J connectivity index is 1.27. The zero-order valence-corrected chi connectivity index (χ0v) is 45.6. The molecule has 0 aromatic heterocycles. The Labute approximate surface area is 414 Å². The van der Waals surface area contributed by atoms with Crippen molar-refractivity contribution in [2.75, 3.05) is 0 Å². The lowest BCUT2D eigenvalue weighted by molar-refractivity contribution is 0.107. The second-order valence-electron chi connectivity index (χ2n) is 15.5. The summed E-state index contributed by atoms with van der Waals surface area (Å²) in [6.45, 7) is 0. The summed E-state index contributed by atoms with van der Waals surface area (Å²) in [6, 6.07) is 74.1. The van der Waals surface area contributed by atoms with Crippen molar-refractivity contribution in [1.29, 1.82) is 0 Å². The van der Waals surface area contributed by atoms with E-state index in [1.165, 1.54) is 0 Å². The number of rotatable bonds is 12. The first-order valence-electron chi connectivity index (χ1n) is 21.8. The van der Waals surface area contributed by atoms with Gasteiger partial charge in [-0.05, 0) is 23.8 Å². The molecule has 69 heavy (non-hydrogen) atoms. The summed E-state index contributed by atoms with van der Waals surface area (Å²) in [5.41, 5.74) is 0. The Morgan fingerprint density at radius 1 is 0.449 bits per heavy atom. The van der Waals surface area contributed by atoms with Crippen LogP contribution in [0.4, 0.5) is 0 Å². The summed E-state index contributed by atoms with van der Waals surface area (Å²) in [4.78, 5) is 27.2. The fraction of sp³-hybridized carbons (Fsp3) is 0. The van der Waals surface area contributed by atoms with Crippen LogP contribution in [0, 0.1) is 0 Å². The van der Waals surface area contributed by atoms with Crippen LogP contribution in [0.1, 0.15) is 0 Å². The van der Waals surface area contributed by atoms with Gasteiger partial charge < -0.3 is 50.7 Å². The van der Waals surface area contributed by atoms with Crippen molar-refractivity contribution in [3.8, 4) is 0 Å². The molecule has 3 aliphatic heterocycles. The second-order valence-corrected chi connectivity index (χ2v) is 35.5. The van der Waals surface area contributed by atoms with E-state index in [9.17, 15) is 9.59 Å². The molecule has 3 heterocycles. The first-order chi connectivity index (χ1) is 33.8. The minimum absolute atomic E-state index is 0.326. The van der Waals surface area contributed by atoms with E-state index in [0.29, 0.717) is 36.3 Å². The average molecular weight is 1060 g/mol. The molecular formula is C48H42O12Si9-2. The van der Waals surface area contributed by atoms with E-state index >= 15 is 0 Å². The van der Waals surface area contributed by atoms with E-state index in [-0.39, 0.29) is 9.76 Å². The molecule has 21 heteroatoms. The van der Waals surface area contributed by atoms with Crippen LogP contribution in [-0.4, -0.2) is 92.0 Å². The molecule has 344 valence electrons. The smallest absolute Gasteiger partial charge is 0.520 e. The minimum atomic E-state index is -4.95. The highest BCUT2D eigenvalue weighted by molar-refractivity contribution is 7.03. The third kappa shape index (κ3) is 10.6. The maximum Gasteiger partial charge on any atom is 0.520 e. The molecule has 8 aromatic rings. The van der Waals surface area contributed by atoms with E-state index in [4.69, 9.17) is 41.2 Å². The van der Waals surface area contributed by atoms with Crippen LogP contribution in [0.25, 0.3) is 0 Å². The van der Waals surface area contributed by atoms with Gasteiger partial charge in [0, 0.05) is 25.9 Å². The highest BCUT2D eigenvalue weighted by Gasteiger charge is 2.66. The largest absolute Gasteiger partial charge is 0.565 e. The van der Waals surface area contributed by atoms with Crippen LogP contribution in [0.3, 0.4) is 0 Å². The van der Waals surface area contributed by atoms with Gasteiger partial charge in [0.1, 0.15) is 0 Å². The van der Waals surface area contributed by atoms with Crippen LogP contribution in [-0.2, 0) is 41.2 Å². The summed E-state index contributed by atoms with van der Waals surface area (Å²) >= 11 is 0. The van der Waals surface area contributed by atoms with Crippen LogP contribution in [0.5, 0.6) is 0 Å². The third-order valence-electron chi connectivity index (χ3n) is 10.8. The van der Waals surface area contributed by atoms with Crippen molar-refractivity contribution in [3.05, 3.63) is 243 Å². The Kier molecular flexibility index (Phi) is 14.8. The lowest BCUT2D eigenvalue weighted by atomic mass is 10.4. The fourth-order valence-corrected chi connectivity index (χ4v) is 37.8. The molecule has 0 amide bonds. The molecule has 11 rings (SSSR count). The van der Waals surface area contributed by atoms with Crippen molar-refractivity contribution in [2.24, 2.45) is 0 Å². The summed E-state index contributed by atoms with van der Waals surface area (Å²) in [6.07, 6.45) is 0. The van der Waals surface area contributed by atoms with E-state index < -0.39 is 72.6 Å². The van der Waals surface area contributed by atoms with Crippen molar-refractivity contribution >= 4 is 124 Å². The molecule has 5 unspecified atom stereocenters. The highest BCUT2D eigenvalue weighted by Crippen LogP contribution is 2.32. The second kappa shape index (κ2) is 21.3. The Bertz CT molecular complexity index is 2870. The molecule has 5 atom stereocenters. The predicted octanol–water partition coefficient (Wildman–Crippen LogP) is 1.66. The van der Waals surface area contributed by atoms with Gasteiger partial charge in [0.2, 0.25) is 0 Å². The van der Waals surface area contributed by atoms with Gasteiger partial charge in [0.15, 0.2) is 0 Å². The van der Waals surface area contributed by atoms with E-state index in [1.54, 1.807) is 36.4 Å². The fourth-order valence-electron chi connectivity index (χ4n) is 7.48. The summed E-state index contributed by atoms with van der Waals surface area (Å²) < 4.78 is 73.6. The molecule has 3 fully saturated rings. The topological polar surface area (TPSA) is 133 Å². The molecule has 2 N–H and O–H groups in total. The van der Waals surface area contributed by atoms with Crippen molar-refractivity contribution in [1.82, 2.24) is 0 Å². The molecule has 4 radical (unpaired) electrons. The maximum atomic E-state index is 13.7. The van der Waals surface area contributed by atoms with Gasteiger partial charge in [-0.25, -0.2) is 0 Å². The predicted molar refractivity (Wildman–Crippen MR) is 276 cm³/mol. The molecule has 3 saturated heterocycles. The number of hydrogen-bond acceptors (Lipinski definition) is 12. The van der Waals surface area contributed by atoms with Crippen LogP contribution in [0.2, 0.25) is 0 Å². The summed E-state index contributed by atoms with van der Waals surface area (Å²) in [5, 5.41) is 4.28. The quantitative estimate of drug-likeness (QED) is 0.173. The number of fused-ring (bicyclic) bond motifs is 10. The van der Waals surface area contributed by atoms with Gasteiger partial charge in [-0.2, -0.15) is 0 Å². The third-order valence-corrected chi connectivity index (χ3v) is 36.4. The molecular weight excluding hydrogens is 1020 g/mol. The zero-order chi connectivity index (χ0) is 47.0. The van der Waals surface area contributed by atoms with Crippen molar-refractivity contribution < 1.29 is 50.7 Å². The Hall–Kier alpha value is -4.77. The van der Waals surface area contributed by atoms with Crippen molar-refractivity contribution in [3.63, 3.8) is 0 Å². The molecule has 0 saturated carbocycles. The van der Waals surface area contributed by atoms with Gasteiger partial charge in [-0.15, -0.1) is 10.4 Å². The van der Waals surface area contributed by atoms with Crippen molar-refractivity contribution in [2.45, 2.75) is 0 Å². The summed E-state index contributed by atoms with van der Waals surface area (Å²) in [7, 11) is -30.7. The monoisotopic (exact) mass is 1060 g/mol. The Morgan fingerprint density at radius 2 is 0.870 bits per heavy atom. The molecule has 0 spiro atoms. The van der Waals surface area contributed by atoms with E-state index in [2.05, 4.69) is 0 Å². The summed E-state index contributed by atoms with van der Waals surface area (Å²) in [5.74, 6) is 0. The first-order valence-corrected chi connectivity index (χ1v) is 34.9. The van der Waals surface area contributed by atoms with Gasteiger partial charge >= 0.3 is 54.0 Å². The molecule has 12 nitrogen and oxygen atoms in total. The van der Waals surface area contributed by atoms with Gasteiger partial charge in [-0.3, -0.25) is 0 Å². The van der Waals surface area contributed by atoms with Crippen LogP contribution in [0.15, 0.2) is 243 Å². The van der Waals surface area contributed by atoms with Gasteiger partial charge in [0.05, 0.1) is 0 Å². The maximum absolute atomic E-state index is 13.7. The normalized spacial score (nSPS) is 24.0. The zero-order valence-electron chi connectivity index (χ0n) is 36.6. The van der Waals surface area contributed by atoms with Gasteiger partial charge in [0.25, 0.3) is 9.76 Å². The minimum Gasteiger partial charge on any atom is -0.565 e. The lowest BCUT2D eigenvalue weighted by Crippen LogP contribution is -2.82. The van der Waals surface area contributed by atoms with Crippen LogP contribution >= 0.6 is 0 Å². The molecule has 3 aliphatic rings. The number of benzene rings is 8. The highest BCUT2D eigenvalue weighted by atomic mass is 28.6. The van der Waals surface area contributed by atoms with E-state index in [1.807, 2.05) is 206 Å². The molecule has 0 aliphatic carbocycles. The lowest BCUT2D eigenvalue weighted by Gasteiger charge is -2.56. The van der Waals surface area contributed by atoms with E-state index in [0.717, 1.165) is 5.19 Å². The average Bonchev–Trinajstić information content (AvgIpc) is 3.41. The van der Waals surface area contributed by atoms with Gasteiger partial charge in [-0.1, -0.05) is 243 Å². The van der Waals surface area contributed by atoms with Crippen LogP contribution < -0.4 is 41.5 Å². The Morgan fingerprint density at radius 3 is 1.42 bits per heavy atom. The standard InChI is InChI=1S/C48H42O12Si9/c49-65(44-31-15-4-16-32-44,52-61-41-25-9-1-10-26-41)57-68(47-37-21-7-22-38-47)54-63(42-27-11-2-12-28-42)51-62-53-67(46-35-19-6-20-36-46)55-64(43-29-13-3-14-30-43)56-69(60-68,48-39-23-8-24-40-48)59-66(50,58-67)45-33-17-5-18-34-45/h1-40,49-50H/q-2. The first kappa shape index (κ1) is 47.9. The number of hydrogen-bond donors (Lipinski definition) is 2. The SMILES string of the molecule is O[Si](O[Si]c1ccccc1)(O[Si]1(c2ccccc2)O[Si-](c2ccccc2)O[Si]O[Si]2(c3ccccc3)O[Si-](c3ccccc3)O[Si](c3ccccc3)(O[Si](O)(c3ccccc3)O2)O1)c1ccccc1. The molecule has 2 bridgehead atoms. The molecule has 8 aromatic carbocycles.